The first-order valence-corrected chi connectivity index (χ1v) is 15.3. The van der Waals surface area contributed by atoms with Crippen LogP contribution in [0.5, 0.6) is 5.75 Å². The van der Waals surface area contributed by atoms with Gasteiger partial charge in [-0.2, -0.15) is 0 Å². The third-order valence-corrected chi connectivity index (χ3v) is 8.46. The first-order valence-electron chi connectivity index (χ1n) is 14.3. The number of fused-ring (bicyclic) bond motifs is 1. The molecule has 2 aliphatic rings. The maximum atomic E-state index is 13.6. The number of thioether (sulfide) groups is 1. The van der Waals surface area contributed by atoms with Crippen molar-refractivity contribution in [3.63, 3.8) is 0 Å². The van der Waals surface area contributed by atoms with Gasteiger partial charge in [0.05, 0.1) is 5.75 Å². The monoisotopic (exact) mass is 631 g/mol. The van der Waals surface area contributed by atoms with Gasteiger partial charge in [-0.3, -0.25) is 14.4 Å². The maximum Gasteiger partial charge on any atom is 0.408 e. The van der Waals surface area contributed by atoms with Crippen LogP contribution in [-0.2, 0) is 28.7 Å². The third kappa shape index (κ3) is 7.12. The Morgan fingerprint density at radius 2 is 1.47 bits per heavy atom. The number of hydrogen-bond acceptors (Lipinski definition) is 9. The Kier molecular flexibility index (Phi) is 9.14. The molecule has 0 aliphatic carbocycles. The summed E-state index contributed by atoms with van der Waals surface area (Å²) in [5, 5.41) is 14.2. The first-order chi connectivity index (χ1) is 21.4. The van der Waals surface area contributed by atoms with Gasteiger partial charge >= 0.3 is 12.1 Å². The molecule has 2 heterocycles. The van der Waals surface area contributed by atoms with Gasteiger partial charge in [-0.05, 0) is 49.6 Å². The number of alkyl carbamates (subject to hydrolysis) is 1. The average Bonchev–Trinajstić information content (AvgIpc) is 3.01. The van der Waals surface area contributed by atoms with Crippen LogP contribution in [0.25, 0.3) is 0 Å². The Morgan fingerprint density at radius 1 is 0.889 bits per heavy atom. The summed E-state index contributed by atoms with van der Waals surface area (Å²) >= 11 is 1.13. The summed E-state index contributed by atoms with van der Waals surface area (Å²) in [7, 11) is 0. The fraction of sp³-hybridized carbons (Fsp3) is 0.303. The molecular weight excluding hydrogens is 598 g/mol. The number of ether oxygens (including phenoxy) is 2. The van der Waals surface area contributed by atoms with Gasteiger partial charge in [0.2, 0.25) is 11.8 Å². The summed E-state index contributed by atoms with van der Waals surface area (Å²) in [4.78, 5) is 67.3. The molecule has 3 amide bonds. The van der Waals surface area contributed by atoms with E-state index in [1.165, 1.54) is 24.3 Å². The highest BCUT2D eigenvalue weighted by Gasteiger charge is 2.58. The number of hydrogen-bond donors (Lipinski definition) is 3. The van der Waals surface area contributed by atoms with Crippen LogP contribution in [0.3, 0.4) is 0 Å². The van der Waals surface area contributed by atoms with Crippen molar-refractivity contribution < 1.29 is 38.6 Å². The zero-order valence-corrected chi connectivity index (χ0v) is 25.7. The molecule has 3 aromatic rings. The quantitative estimate of drug-likeness (QED) is 0.192. The number of amides is 3. The first kappa shape index (κ1) is 31.6. The largest absolute Gasteiger partial charge is 0.508 e. The zero-order chi connectivity index (χ0) is 32.3. The number of nitrogens with zero attached hydrogens (tertiary/aromatic N) is 1. The van der Waals surface area contributed by atoms with E-state index >= 15 is 0 Å². The van der Waals surface area contributed by atoms with E-state index in [1.807, 2.05) is 60.7 Å². The second kappa shape index (κ2) is 13.0. The summed E-state index contributed by atoms with van der Waals surface area (Å²) < 4.78 is 11.2. The van der Waals surface area contributed by atoms with Crippen LogP contribution in [-0.4, -0.2) is 68.5 Å². The lowest BCUT2D eigenvalue weighted by Gasteiger charge is -2.51. The van der Waals surface area contributed by atoms with Crippen LogP contribution in [0, 0.1) is 0 Å². The van der Waals surface area contributed by atoms with Crippen molar-refractivity contribution in [1.82, 2.24) is 15.5 Å². The van der Waals surface area contributed by atoms with Crippen LogP contribution < -0.4 is 10.6 Å². The third-order valence-electron chi connectivity index (χ3n) is 7.17. The molecule has 2 aliphatic heterocycles. The second-order valence-corrected chi connectivity index (χ2v) is 12.7. The number of ketones is 1. The van der Waals surface area contributed by atoms with Crippen LogP contribution >= 0.6 is 11.8 Å². The Balaban J connectivity index is 1.32. The molecule has 2 saturated heterocycles. The lowest BCUT2D eigenvalue weighted by Crippen LogP contribution is -2.76. The van der Waals surface area contributed by atoms with Gasteiger partial charge in [0.1, 0.15) is 28.8 Å². The van der Waals surface area contributed by atoms with Gasteiger partial charge in [0, 0.05) is 0 Å². The second-order valence-electron chi connectivity index (χ2n) is 11.6. The van der Waals surface area contributed by atoms with Crippen molar-refractivity contribution in [2.24, 2.45) is 0 Å². The number of carbonyl (C=O) groups excluding carboxylic acids is 5. The summed E-state index contributed by atoms with van der Waals surface area (Å²) in [6, 6.07) is 20.0. The number of aromatic hydroxyl groups is 1. The minimum absolute atomic E-state index is 0.0389. The Bertz CT molecular complexity index is 1540. The fourth-order valence-electron chi connectivity index (χ4n) is 5.11. The maximum absolute atomic E-state index is 13.6. The van der Waals surface area contributed by atoms with Gasteiger partial charge in [-0.1, -0.05) is 72.8 Å². The summed E-state index contributed by atoms with van der Waals surface area (Å²) in [5.74, 6) is -2.80. The summed E-state index contributed by atoms with van der Waals surface area (Å²) in [6.45, 7) is 5.03. The van der Waals surface area contributed by atoms with Crippen molar-refractivity contribution in [3.05, 3.63) is 102 Å². The highest BCUT2D eigenvalue weighted by molar-refractivity contribution is 8.00. The normalized spacial score (nSPS) is 20.0. The van der Waals surface area contributed by atoms with E-state index in [1.54, 1.807) is 20.8 Å². The van der Waals surface area contributed by atoms with Gasteiger partial charge in [0.15, 0.2) is 17.9 Å². The Hall–Kier alpha value is -4.84. The topological polar surface area (TPSA) is 151 Å². The molecule has 0 aromatic heterocycles. The molecule has 0 bridgehead atoms. The number of Topliss-reactive ketones (excluding diaryl/α,β-unsaturated/α-hetero) is 1. The number of β-lactam (4-membered cyclic amide) rings is 1. The van der Waals surface area contributed by atoms with E-state index < -0.39 is 64.9 Å². The van der Waals surface area contributed by atoms with E-state index in [4.69, 9.17) is 9.47 Å². The molecule has 0 spiro atoms. The van der Waals surface area contributed by atoms with Crippen LogP contribution in [0.1, 0.15) is 49.6 Å². The van der Waals surface area contributed by atoms with E-state index in [0.717, 1.165) is 16.7 Å². The van der Waals surface area contributed by atoms with E-state index in [2.05, 4.69) is 10.6 Å². The fourth-order valence-corrected chi connectivity index (χ4v) is 6.37. The number of benzene rings is 3. The Labute approximate surface area is 264 Å². The lowest BCUT2D eigenvalue weighted by molar-refractivity contribution is -0.170. The van der Waals surface area contributed by atoms with Crippen molar-refractivity contribution in [1.29, 1.82) is 0 Å². The number of carbonyl (C=O) groups is 5. The van der Waals surface area contributed by atoms with Crippen molar-refractivity contribution in [3.8, 4) is 5.75 Å². The summed E-state index contributed by atoms with van der Waals surface area (Å²) in [6.07, 6.45) is -1.67. The number of rotatable bonds is 8. The lowest BCUT2D eigenvalue weighted by atomic mass is 9.98. The zero-order valence-electron chi connectivity index (χ0n) is 24.8. The van der Waals surface area contributed by atoms with Crippen molar-refractivity contribution in [2.75, 3.05) is 5.75 Å². The molecule has 45 heavy (non-hydrogen) atoms. The van der Waals surface area contributed by atoms with Crippen LogP contribution in [0.2, 0.25) is 0 Å². The number of esters is 1. The Morgan fingerprint density at radius 3 is 2.02 bits per heavy atom. The molecule has 5 rings (SSSR count). The van der Waals surface area contributed by atoms with Gasteiger partial charge in [-0.25, -0.2) is 9.59 Å². The molecule has 234 valence electrons. The van der Waals surface area contributed by atoms with Gasteiger partial charge in [-0.15, -0.1) is 11.8 Å². The molecule has 4 atom stereocenters. The highest BCUT2D eigenvalue weighted by Crippen LogP contribution is 2.38. The molecular formula is C33H33N3O8S. The van der Waals surface area contributed by atoms with E-state index in [9.17, 15) is 29.1 Å². The predicted molar refractivity (Wildman–Crippen MR) is 165 cm³/mol. The van der Waals surface area contributed by atoms with Gasteiger partial charge < -0.3 is 30.1 Å². The highest BCUT2D eigenvalue weighted by atomic mass is 32.2. The van der Waals surface area contributed by atoms with Crippen LogP contribution in [0.15, 0.2) is 84.9 Å². The molecule has 11 nitrogen and oxygen atoms in total. The molecule has 2 fully saturated rings. The molecule has 3 N–H and O–H groups in total. The molecule has 2 unspecified atom stereocenters. The standard InChI is InChI=1S/C33H33N3O8S/c1-33(2,3)44-32(42)35-24(19-14-16-22(37)17-15-19)28(39)34-25-29(40)36-26(23(38)18-45-30(25)36)31(41)43-27(20-10-6-4-7-11-20)21-12-8-5-9-13-21/h4-17,24-27,30,37H,18H2,1-3H3,(H,34,39)(H,35,42)/t24?,25-,26?,30+/m1/s1. The number of phenols is 1. The number of phenolic OH excluding ortho intramolecular Hbond substituents is 1. The molecule has 12 heteroatoms. The van der Waals surface area contributed by atoms with Crippen molar-refractivity contribution >= 4 is 41.4 Å². The smallest absolute Gasteiger partial charge is 0.408 e. The summed E-state index contributed by atoms with van der Waals surface area (Å²) in [5.41, 5.74) is 0.896. The van der Waals surface area contributed by atoms with Gasteiger partial charge in [0.25, 0.3) is 0 Å². The molecule has 0 saturated carbocycles. The average molecular weight is 632 g/mol. The minimum atomic E-state index is -1.47. The van der Waals surface area contributed by atoms with Crippen LogP contribution in [0.4, 0.5) is 4.79 Å². The SMILES string of the molecule is CC(C)(C)OC(=O)NC(C(=O)N[C@@H]1C(=O)N2C(C(=O)OC(c3ccccc3)c3ccccc3)C(=O)CS[C@@H]12)c1ccc(O)cc1. The number of nitrogens with one attached hydrogen (secondary N) is 2. The van der Waals surface area contributed by atoms with E-state index in [-0.39, 0.29) is 11.5 Å². The van der Waals surface area contributed by atoms with Crippen molar-refractivity contribution in [2.45, 2.75) is 56.0 Å². The minimum Gasteiger partial charge on any atom is -0.508 e. The molecule has 3 aromatic carbocycles. The molecule has 0 radical (unpaired) electrons. The predicted octanol–water partition coefficient (Wildman–Crippen LogP) is 3.63. The van der Waals surface area contributed by atoms with E-state index in [0.29, 0.717) is 16.7 Å².